The highest BCUT2D eigenvalue weighted by Crippen LogP contribution is 2.24. The molecule has 1 saturated heterocycles. The van der Waals surface area contributed by atoms with E-state index in [0.29, 0.717) is 18.1 Å². The molecule has 0 bridgehead atoms. The van der Waals surface area contributed by atoms with Crippen LogP contribution in [-0.4, -0.2) is 58.6 Å². The van der Waals surface area contributed by atoms with E-state index in [1.165, 1.54) is 0 Å². The van der Waals surface area contributed by atoms with Crippen molar-refractivity contribution in [2.45, 2.75) is 6.42 Å². The number of ether oxygens (including phenoxy) is 1. The van der Waals surface area contributed by atoms with Gasteiger partial charge in [0, 0.05) is 38.3 Å². The lowest BCUT2D eigenvalue weighted by atomic mass is 10.1. The topological polar surface area (TPSA) is 73.2 Å². The van der Waals surface area contributed by atoms with Crippen molar-refractivity contribution in [2.24, 2.45) is 5.10 Å². The van der Waals surface area contributed by atoms with Crippen LogP contribution in [0.4, 0.5) is 5.69 Å². The number of piperazine rings is 1. The molecular weight excluding hydrogens is 489 g/mol. The molecule has 4 rings (SSSR count). The van der Waals surface area contributed by atoms with Crippen LogP contribution >= 0.6 is 34.8 Å². The van der Waals surface area contributed by atoms with Crippen molar-refractivity contribution in [1.82, 2.24) is 15.3 Å². The Morgan fingerprint density at radius 2 is 1.89 bits per heavy atom. The van der Waals surface area contributed by atoms with Crippen LogP contribution in [0.3, 0.4) is 0 Å². The van der Waals surface area contributed by atoms with Gasteiger partial charge < -0.3 is 19.6 Å². The summed E-state index contributed by atoms with van der Waals surface area (Å²) in [5.74, 6) is 1.05. The maximum absolute atomic E-state index is 9.44. The fourth-order valence-corrected chi connectivity index (χ4v) is 3.90. The average molecular weight is 509 g/mol. The second-order valence-corrected chi connectivity index (χ2v) is 8.04. The Morgan fingerprint density at radius 3 is 2.64 bits per heavy atom. The number of nitrogens with one attached hydrogen (secondary N) is 1. The van der Waals surface area contributed by atoms with Crippen LogP contribution in [-0.2, 0) is 0 Å². The number of aromatic hydroxyl groups is 1. The van der Waals surface area contributed by atoms with Gasteiger partial charge in [-0.2, -0.15) is 5.10 Å². The molecule has 0 amide bonds. The number of benzene rings is 1. The molecule has 0 aliphatic carbocycles. The Morgan fingerprint density at radius 1 is 1.14 bits per heavy atom. The van der Waals surface area contributed by atoms with E-state index in [1.807, 2.05) is 24.3 Å². The number of aromatic nitrogens is 1. The molecule has 0 unspecified atom stereocenters. The van der Waals surface area contributed by atoms with Crippen LogP contribution in [0.25, 0.3) is 0 Å². The number of thiocarbonyl (C=S) groups is 1. The van der Waals surface area contributed by atoms with E-state index in [1.54, 1.807) is 12.1 Å². The van der Waals surface area contributed by atoms with E-state index in [4.69, 9.17) is 17.0 Å². The summed E-state index contributed by atoms with van der Waals surface area (Å²) in [6.45, 7) is 3.94. The number of hydrogen-bond donors (Lipinski definition) is 2. The number of phenols is 1. The fourth-order valence-electron chi connectivity index (χ4n) is 3.25. The minimum Gasteiger partial charge on any atom is -0.508 e. The summed E-state index contributed by atoms with van der Waals surface area (Å²) < 4.78 is 6.56. The minimum absolute atomic E-state index is 0.283. The van der Waals surface area contributed by atoms with E-state index in [0.717, 1.165) is 52.7 Å². The van der Waals surface area contributed by atoms with E-state index in [9.17, 15) is 5.11 Å². The molecule has 0 atom stereocenters. The monoisotopic (exact) mass is 509 g/mol. The number of halogens is 1. The Labute approximate surface area is 182 Å². The van der Waals surface area contributed by atoms with Crippen molar-refractivity contribution in [3.05, 3.63) is 45.8 Å². The Balaban J connectivity index is 1.36. The lowest BCUT2D eigenvalue weighted by Crippen LogP contribution is -2.51. The zero-order valence-electron chi connectivity index (χ0n) is 15.1. The van der Waals surface area contributed by atoms with Crippen molar-refractivity contribution >= 4 is 51.3 Å². The molecule has 2 aliphatic heterocycles. The van der Waals surface area contributed by atoms with Gasteiger partial charge in [0.2, 0.25) is 0 Å². The van der Waals surface area contributed by atoms with Gasteiger partial charge in [-0.1, -0.05) is 0 Å². The third-order valence-electron chi connectivity index (χ3n) is 4.76. The minimum atomic E-state index is 0.283. The van der Waals surface area contributed by atoms with Gasteiger partial charge in [-0.05, 0) is 71.2 Å². The van der Waals surface area contributed by atoms with Gasteiger partial charge in [-0.15, -0.1) is 0 Å². The number of hydrazone groups is 1. The van der Waals surface area contributed by atoms with E-state index < -0.39 is 0 Å². The average Bonchev–Trinajstić information content (AvgIpc) is 2.72. The number of fused-ring (bicyclic) bond motifs is 1. The van der Waals surface area contributed by atoms with E-state index >= 15 is 0 Å². The molecule has 0 spiro atoms. The Kier molecular flexibility index (Phi) is 5.81. The van der Waals surface area contributed by atoms with E-state index in [2.05, 4.69) is 47.9 Å². The molecule has 2 N–H and O–H groups in total. The number of pyridine rings is 1. The zero-order chi connectivity index (χ0) is 19.5. The van der Waals surface area contributed by atoms with Crippen LogP contribution in [0.5, 0.6) is 11.5 Å². The van der Waals surface area contributed by atoms with Crippen molar-refractivity contribution in [2.75, 3.05) is 37.7 Å². The fraction of sp³-hybridized carbons (Fsp3) is 0.316. The first kappa shape index (κ1) is 19.2. The SMILES string of the molecule is Oc1ccc(N2CCN(C(=S)N/N=C3/CCOc4ccc(I)nc43)CC2)cc1. The molecule has 2 aliphatic rings. The number of nitrogens with zero attached hydrogens (tertiary/aromatic N) is 4. The molecule has 1 aromatic heterocycles. The smallest absolute Gasteiger partial charge is 0.189 e. The first-order valence-electron chi connectivity index (χ1n) is 9.05. The first-order valence-corrected chi connectivity index (χ1v) is 10.5. The molecule has 28 heavy (non-hydrogen) atoms. The van der Waals surface area contributed by atoms with Gasteiger partial charge in [0.1, 0.15) is 20.9 Å². The van der Waals surface area contributed by atoms with Crippen LogP contribution in [0.2, 0.25) is 0 Å². The van der Waals surface area contributed by atoms with Gasteiger partial charge >= 0.3 is 0 Å². The second kappa shape index (κ2) is 8.48. The van der Waals surface area contributed by atoms with Crippen molar-refractivity contribution < 1.29 is 9.84 Å². The zero-order valence-corrected chi connectivity index (χ0v) is 18.1. The summed E-state index contributed by atoms with van der Waals surface area (Å²) >= 11 is 7.73. The number of rotatable bonds is 2. The molecule has 7 nitrogen and oxygen atoms in total. The third kappa shape index (κ3) is 4.30. The van der Waals surface area contributed by atoms with Crippen molar-refractivity contribution in [3.63, 3.8) is 0 Å². The largest absolute Gasteiger partial charge is 0.508 e. The summed E-state index contributed by atoms with van der Waals surface area (Å²) in [6.07, 6.45) is 0.699. The maximum Gasteiger partial charge on any atom is 0.189 e. The molecule has 1 fully saturated rings. The lowest BCUT2D eigenvalue weighted by molar-refractivity contribution is 0.318. The van der Waals surface area contributed by atoms with Gasteiger partial charge in [0.05, 0.1) is 12.3 Å². The molecule has 1 aromatic carbocycles. The number of anilines is 1. The molecule has 9 heteroatoms. The molecule has 0 radical (unpaired) electrons. The van der Waals surface area contributed by atoms with Crippen molar-refractivity contribution in [3.8, 4) is 11.5 Å². The van der Waals surface area contributed by atoms with Crippen LogP contribution in [0.1, 0.15) is 12.1 Å². The van der Waals surface area contributed by atoms with Crippen LogP contribution in [0, 0.1) is 3.70 Å². The summed E-state index contributed by atoms with van der Waals surface area (Å²) in [5.41, 5.74) is 5.80. The highest BCUT2D eigenvalue weighted by Gasteiger charge is 2.21. The van der Waals surface area contributed by atoms with Crippen molar-refractivity contribution in [1.29, 1.82) is 0 Å². The second-order valence-electron chi connectivity index (χ2n) is 6.55. The highest BCUT2D eigenvalue weighted by atomic mass is 127. The molecule has 0 saturated carbocycles. The summed E-state index contributed by atoms with van der Waals surface area (Å²) in [6, 6.07) is 11.2. The standard InChI is InChI=1S/C19H20IN5O2S/c20-17-6-5-16-18(21-17)15(7-12-27-16)22-23-19(28)25-10-8-24(9-11-25)13-1-3-14(26)4-2-13/h1-6,26H,7-12H2,(H,23,28)/b22-15-. The number of phenolic OH excluding ortho intramolecular Hbond substituents is 1. The van der Waals surface area contributed by atoms with Gasteiger partial charge in [-0.25, -0.2) is 4.98 Å². The van der Waals surface area contributed by atoms with Crippen LogP contribution < -0.4 is 15.1 Å². The molecule has 2 aromatic rings. The first-order chi connectivity index (χ1) is 13.6. The normalized spacial score (nSPS) is 17.8. The molecular formula is C19H20IN5O2S. The van der Waals surface area contributed by atoms with Crippen LogP contribution in [0.15, 0.2) is 41.5 Å². The maximum atomic E-state index is 9.44. The van der Waals surface area contributed by atoms with E-state index in [-0.39, 0.29) is 5.75 Å². The number of hydrogen-bond acceptors (Lipinski definition) is 6. The Bertz CT molecular complexity index is 898. The molecule has 3 heterocycles. The predicted molar refractivity (Wildman–Crippen MR) is 121 cm³/mol. The lowest BCUT2D eigenvalue weighted by Gasteiger charge is -2.37. The van der Waals surface area contributed by atoms with Gasteiger partial charge in [0.15, 0.2) is 5.11 Å². The summed E-state index contributed by atoms with van der Waals surface area (Å²) in [4.78, 5) is 8.95. The quantitative estimate of drug-likeness (QED) is 0.279. The Hall–Kier alpha value is -2.14. The highest BCUT2D eigenvalue weighted by molar-refractivity contribution is 14.1. The summed E-state index contributed by atoms with van der Waals surface area (Å²) in [7, 11) is 0. The predicted octanol–water partition coefficient (Wildman–Crippen LogP) is 2.58. The van der Waals surface area contributed by atoms with Gasteiger partial charge in [0.25, 0.3) is 0 Å². The third-order valence-corrected chi connectivity index (χ3v) is 5.71. The molecule has 146 valence electrons. The summed E-state index contributed by atoms with van der Waals surface area (Å²) in [5, 5.41) is 14.6. The van der Waals surface area contributed by atoms with Gasteiger partial charge in [-0.3, -0.25) is 5.43 Å².